The van der Waals surface area contributed by atoms with E-state index in [-0.39, 0.29) is 5.84 Å². The number of hydrogen-bond donors (Lipinski definition) is 3. The molecule has 0 amide bonds. The van der Waals surface area contributed by atoms with Crippen molar-refractivity contribution in [1.29, 1.82) is 5.41 Å². The number of benzene rings is 1. The van der Waals surface area contributed by atoms with E-state index < -0.39 is 5.60 Å². The lowest BCUT2D eigenvalue weighted by molar-refractivity contribution is -0.0572. The molecule has 1 saturated heterocycles. The van der Waals surface area contributed by atoms with Crippen LogP contribution >= 0.6 is 0 Å². The lowest BCUT2D eigenvalue weighted by Crippen LogP contribution is -2.45. The van der Waals surface area contributed by atoms with Crippen molar-refractivity contribution in [3.05, 3.63) is 29.3 Å². The molecule has 0 aliphatic carbocycles. The van der Waals surface area contributed by atoms with Crippen LogP contribution in [-0.2, 0) is 4.74 Å². The van der Waals surface area contributed by atoms with Gasteiger partial charge in [-0.3, -0.25) is 5.41 Å². The SMILES string of the molecule is Cc1cc(N(C)CC2(O)CCOCC2)ccc1C(=N)N. The van der Waals surface area contributed by atoms with Crippen molar-refractivity contribution < 1.29 is 9.84 Å². The monoisotopic (exact) mass is 277 g/mol. The van der Waals surface area contributed by atoms with E-state index in [1.165, 1.54) is 0 Å². The molecule has 0 unspecified atom stereocenters. The smallest absolute Gasteiger partial charge is 0.123 e. The van der Waals surface area contributed by atoms with E-state index >= 15 is 0 Å². The topological polar surface area (TPSA) is 82.6 Å². The number of ether oxygens (including phenoxy) is 1. The molecule has 0 atom stereocenters. The molecule has 5 nitrogen and oxygen atoms in total. The molecule has 1 heterocycles. The van der Waals surface area contributed by atoms with E-state index in [4.69, 9.17) is 15.9 Å². The third-order valence-electron chi connectivity index (χ3n) is 3.90. The number of nitrogens with one attached hydrogen (secondary N) is 1. The highest BCUT2D eigenvalue weighted by molar-refractivity contribution is 5.96. The second-order valence-corrected chi connectivity index (χ2v) is 5.61. The highest BCUT2D eigenvalue weighted by atomic mass is 16.5. The van der Waals surface area contributed by atoms with Crippen LogP contribution in [0.25, 0.3) is 0 Å². The Balaban J connectivity index is 2.11. The molecule has 1 aromatic rings. The maximum atomic E-state index is 10.5. The Bertz CT molecular complexity index is 496. The fourth-order valence-corrected chi connectivity index (χ4v) is 2.63. The minimum Gasteiger partial charge on any atom is -0.388 e. The molecule has 0 aromatic heterocycles. The Morgan fingerprint density at radius 3 is 2.65 bits per heavy atom. The van der Waals surface area contributed by atoms with Gasteiger partial charge in [-0.15, -0.1) is 0 Å². The van der Waals surface area contributed by atoms with Gasteiger partial charge < -0.3 is 20.5 Å². The van der Waals surface area contributed by atoms with E-state index in [0.717, 1.165) is 16.8 Å². The van der Waals surface area contributed by atoms with Gasteiger partial charge >= 0.3 is 0 Å². The number of nitrogens with zero attached hydrogens (tertiary/aromatic N) is 1. The standard InChI is InChI=1S/C15H23N3O2/c1-11-9-12(3-4-13(11)14(16)17)18(2)10-15(19)5-7-20-8-6-15/h3-4,9,19H,5-8,10H2,1-2H3,(H3,16,17). The summed E-state index contributed by atoms with van der Waals surface area (Å²) < 4.78 is 5.30. The normalized spacial score (nSPS) is 17.8. The van der Waals surface area contributed by atoms with Crippen LogP contribution in [0.15, 0.2) is 18.2 Å². The molecule has 1 fully saturated rings. The minimum absolute atomic E-state index is 0.0831. The highest BCUT2D eigenvalue weighted by Crippen LogP contribution is 2.25. The summed E-state index contributed by atoms with van der Waals surface area (Å²) in [5.74, 6) is 0.0831. The van der Waals surface area contributed by atoms with Gasteiger partial charge in [-0.05, 0) is 30.7 Å². The van der Waals surface area contributed by atoms with Crippen LogP contribution in [0, 0.1) is 12.3 Å². The Morgan fingerprint density at radius 2 is 2.10 bits per heavy atom. The molecule has 1 aliphatic heterocycles. The summed E-state index contributed by atoms with van der Waals surface area (Å²) in [6, 6.07) is 5.80. The lowest BCUT2D eigenvalue weighted by Gasteiger charge is -2.36. The minimum atomic E-state index is -0.680. The first-order valence-electron chi connectivity index (χ1n) is 6.88. The highest BCUT2D eigenvalue weighted by Gasteiger charge is 2.31. The van der Waals surface area contributed by atoms with Crippen molar-refractivity contribution in [2.45, 2.75) is 25.4 Å². The number of amidine groups is 1. The molecule has 110 valence electrons. The van der Waals surface area contributed by atoms with E-state index in [9.17, 15) is 5.11 Å². The number of aliphatic hydroxyl groups is 1. The van der Waals surface area contributed by atoms with Crippen molar-refractivity contribution in [3.8, 4) is 0 Å². The van der Waals surface area contributed by atoms with E-state index in [0.29, 0.717) is 32.6 Å². The molecule has 1 aliphatic rings. The quantitative estimate of drug-likeness (QED) is 0.571. The van der Waals surface area contributed by atoms with Crippen molar-refractivity contribution in [3.63, 3.8) is 0 Å². The number of likely N-dealkylation sites (N-methyl/N-ethyl adjacent to an activating group) is 1. The average molecular weight is 277 g/mol. The van der Waals surface area contributed by atoms with Crippen LogP contribution in [-0.4, -0.2) is 43.3 Å². The lowest BCUT2D eigenvalue weighted by atomic mass is 9.93. The zero-order chi connectivity index (χ0) is 14.8. The average Bonchev–Trinajstić information content (AvgIpc) is 2.38. The largest absolute Gasteiger partial charge is 0.388 e. The first kappa shape index (κ1) is 14.8. The maximum absolute atomic E-state index is 10.5. The number of nitrogen functional groups attached to an aromatic ring is 1. The predicted molar refractivity (Wildman–Crippen MR) is 80.5 cm³/mol. The second-order valence-electron chi connectivity index (χ2n) is 5.61. The number of anilines is 1. The first-order valence-corrected chi connectivity index (χ1v) is 6.88. The summed E-state index contributed by atoms with van der Waals surface area (Å²) in [7, 11) is 1.97. The Morgan fingerprint density at radius 1 is 1.45 bits per heavy atom. The van der Waals surface area contributed by atoms with Crippen LogP contribution in [0.1, 0.15) is 24.0 Å². The van der Waals surface area contributed by atoms with Crippen LogP contribution in [0.3, 0.4) is 0 Å². The van der Waals surface area contributed by atoms with Crippen molar-refractivity contribution >= 4 is 11.5 Å². The molecule has 0 spiro atoms. The molecule has 0 saturated carbocycles. The molecule has 0 bridgehead atoms. The number of hydrogen-bond acceptors (Lipinski definition) is 4. The second kappa shape index (κ2) is 5.81. The van der Waals surface area contributed by atoms with E-state index in [1.807, 2.05) is 37.1 Å². The molecule has 5 heteroatoms. The number of rotatable bonds is 4. The van der Waals surface area contributed by atoms with Crippen molar-refractivity contribution in [2.24, 2.45) is 5.73 Å². The Labute approximate surface area is 119 Å². The van der Waals surface area contributed by atoms with Crippen LogP contribution in [0.5, 0.6) is 0 Å². The zero-order valence-electron chi connectivity index (χ0n) is 12.1. The van der Waals surface area contributed by atoms with Gasteiger partial charge in [0.2, 0.25) is 0 Å². The molecule has 4 N–H and O–H groups in total. The summed E-state index contributed by atoms with van der Waals surface area (Å²) in [5, 5.41) is 18.0. The van der Waals surface area contributed by atoms with Crippen molar-refractivity contribution in [2.75, 3.05) is 31.7 Å². The molecule has 1 aromatic carbocycles. The third-order valence-corrected chi connectivity index (χ3v) is 3.90. The van der Waals surface area contributed by atoms with Gasteiger partial charge in [0.15, 0.2) is 0 Å². The summed E-state index contributed by atoms with van der Waals surface area (Å²) in [6.07, 6.45) is 1.34. The van der Waals surface area contributed by atoms with Gasteiger partial charge in [-0.2, -0.15) is 0 Å². The molecular formula is C15H23N3O2. The fourth-order valence-electron chi connectivity index (χ4n) is 2.63. The number of nitrogens with two attached hydrogens (primary N) is 1. The maximum Gasteiger partial charge on any atom is 0.123 e. The zero-order valence-corrected chi connectivity index (χ0v) is 12.1. The van der Waals surface area contributed by atoms with Gasteiger partial charge in [0.05, 0.1) is 5.60 Å². The molecule has 0 radical (unpaired) electrons. The summed E-state index contributed by atoms with van der Waals surface area (Å²) >= 11 is 0. The van der Waals surface area contributed by atoms with E-state index in [1.54, 1.807) is 0 Å². The van der Waals surface area contributed by atoms with Gasteiger partial charge in [0.25, 0.3) is 0 Å². The molecular weight excluding hydrogens is 254 g/mol. The Hall–Kier alpha value is -1.59. The summed E-state index contributed by atoms with van der Waals surface area (Å²) in [4.78, 5) is 2.04. The van der Waals surface area contributed by atoms with Crippen molar-refractivity contribution in [1.82, 2.24) is 0 Å². The van der Waals surface area contributed by atoms with Crippen LogP contribution in [0.4, 0.5) is 5.69 Å². The summed E-state index contributed by atoms with van der Waals surface area (Å²) in [6.45, 7) is 3.76. The molecule has 2 rings (SSSR count). The fraction of sp³-hybridized carbons (Fsp3) is 0.533. The summed E-state index contributed by atoms with van der Waals surface area (Å²) in [5.41, 5.74) is 7.60. The van der Waals surface area contributed by atoms with Gasteiger partial charge in [0, 0.05) is 50.9 Å². The van der Waals surface area contributed by atoms with Gasteiger partial charge in [-0.25, -0.2) is 0 Å². The van der Waals surface area contributed by atoms with E-state index in [2.05, 4.69) is 0 Å². The third kappa shape index (κ3) is 3.29. The molecule has 20 heavy (non-hydrogen) atoms. The predicted octanol–water partition coefficient (Wildman–Crippen LogP) is 1.26. The van der Waals surface area contributed by atoms with Crippen LogP contribution in [0.2, 0.25) is 0 Å². The van der Waals surface area contributed by atoms with Gasteiger partial charge in [0.1, 0.15) is 5.84 Å². The number of aryl methyl sites for hydroxylation is 1. The van der Waals surface area contributed by atoms with Gasteiger partial charge in [-0.1, -0.05) is 0 Å². The van der Waals surface area contributed by atoms with Crippen LogP contribution < -0.4 is 10.6 Å². The first-order chi connectivity index (χ1) is 9.41. The Kier molecular flexibility index (Phi) is 4.30.